The highest BCUT2D eigenvalue weighted by molar-refractivity contribution is 7.89. The van der Waals surface area contributed by atoms with Crippen LogP contribution in [0.15, 0.2) is 17.2 Å². The number of sulfonamides is 1. The second-order valence-corrected chi connectivity index (χ2v) is 7.49. The molecule has 0 aromatic carbocycles. The average molecular weight is 334 g/mol. The third kappa shape index (κ3) is 4.06. The van der Waals surface area contributed by atoms with Gasteiger partial charge in [0.05, 0.1) is 5.02 Å². The molecule has 1 aromatic heterocycles. The van der Waals surface area contributed by atoms with Crippen molar-refractivity contribution in [3.8, 4) is 0 Å². The highest BCUT2D eigenvalue weighted by Crippen LogP contribution is 2.48. The van der Waals surface area contributed by atoms with E-state index in [4.69, 9.17) is 16.3 Å². The van der Waals surface area contributed by atoms with Crippen LogP contribution in [-0.4, -0.2) is 40.7 Å². The number of hydrogen-bond acceptors (Lipinski definition) is 5. The average Bonchev–Trinajstić information content (AvgIpc) is 3.24. The fourth-order valence-corrected chi connectivity index (χ4v) is 3.55. The highest BCUT2D eigenvalue weighted by atomic mass is 35.5. The van der Waals surface area contributed by atoms with E-state index >= 15 is 0 Å². The van der Waals surface area contributed by atoms with Crippen molar-refractivity contribution in [2.45, 2.75) is 24.2 Å². The Kier molecular flexibility index (Phi) is 5.08. The van der Waals surface area contributed by atoms with E-state index in [1.54, 1.807) is 14.2 Å². The van der Waals surface area contributed by atoms with Gasteiger partial charge in [0.25, 0.3) is 0 Å². The van der Waals surface area contributed by atoms with Gasteiger partial charge in [-0.05, 0) is 30.7 Å². The lowest BCUT2D eigenvalue weighted by atomic mass is 10.0. The van der Waals surface area contributed by atoms with Crippen LogP contribution in [0, 0.1) is 5.41 Å². The molecule has 6 nitrogen and oxygen atoms in total. The van der Waals surface area contributed by atoms with Gasteiger partial charge in [-0.2, -0.15) is 0 Å². The molecule has 1 aromatic rings. The Balaban J connectivity index is 2.03. The van der Waals surface area contributed by atoms with Gasteiger partial charge in [0.1, 0.15) is 10.7 Å². The molecular formula is C13H20ClN3O3S. The van der Waals surface area contributed by atoms with Gasteiger partial charge in [0, 0.05) is 33.5 Å². The van der Waals surface area contributed by atoms with Gasteiger partial charge in [-0.3, -0.25) is 0 Å². The molecule has 1 fully saturated rings. The van der Waals surface area contributed by atoms with E-state index in [1.165, 1.54) is 12.3 Å². The first-order valence-electron chi connectivity index (χ1n) is 6.74. The van der Waals surface area contributed by atoms with Crippen molar-refractivity contribution in [1.29, 1.82) is 0 Å². The van der Waals surface area contributed by atoms with E-state index in [0.717, 1.165) is 19.3 Å². The lowest BCUT2D eigenvalue weighted by Crippen LogP contribution is -2.31. The molecular weight excluding hydrogens is 314 g/mol. The van der Waals surface area contributed by atoms with Crippen LogP contribution in [0.25, 0.3) is 0 Å². The molecule has 1 aliphatic rings. The smallest absolute Gasteiger partial charge is 0.242 e. The Morgan fingerprint density at radius 3 is 2.71 bits per heavy atom. The van der Waals surface area contributed by atoms with Crippen LogP contribution in [0.3, 0.4) is 0 Å². The van der Waals surface area contributed by atoms with Crippen LogP contribution in [0.2, 0.25) is 5.02 Å². The summed E-state index contributed by atoms with van der Waals surface area (Å²) in [6.45, 7) is 1.07. The summed E-state index contributed by atoms with van der Waals surface area (Å²) in [6, 6.07) is 1.40. The molecule has 1 saturated carbocycles. The normalized spacial score (nSPS) is 16.7. The number of nitrogens with one attached hydrogen (secondary N) is 2. The van der Waals surface area contributed by atoms with Gasteiger partial charge in [-0.15, -0.1) is 0 Å². The van der Waals surface area contributed by atoms with Crippen molar-refractivity contribution < 1.29 is 13.2 Å². The van der Waals surface area contributed by atoms with Crippen molar-refractivity contribution in [1.82, 2.24) is 9.71 Å². The molecule has 2 N–H and O–H groups in total. The summed E-state index contributed by atoms with van der Waals surface area (Å²) in [4.78, 5) is 4.07. The fourth-order valence-electron chi connectivity index (χ4n) is 2.09. The minimum absolute atomic E-state index is 0.0468. The van der Waals surface area contributed by atoms with Crippen LogP contribution in [0.5, 0.6) is 0 Å². The quantitative estimate of drug-likeness (QED) is 0.759. The first-order chi connectivity index (χ1) is 9.92. The maximum atomic E-state index is 12.3. The third-order valence-electron chi connectivity index (χ3n) is 3.79. The summed E-state index contributed by atoms with van der Waals surface area (Å²) in [5.41, 5.74) is 0.0468. The summed E-state index contributed by atoms with van der Waals surface area (Å²) < 4.78 is 32.3. The number of methoxy groups -OCH3 is 1. The number of halogens is 1. The molecule has 0 aliphatic heterocycles. The van der Waals surface area contributed by atoms with E-state index in [0.29, 0.717) is 19.0 Å². The summed E-state index contributed by atoms with van der Waals surface area (Å²) in [7, 11) is -0.268. The van der Waals surface area contributed by atoms with Crippen molar-refractivity contribution in [3.63, 3.8) is 0 Å². The largest absolute Gasteiger partial charge is 0.385 e. The minimum atomic E-state index is -3.59. The maximum absolute atomic E-state index is 12.3. The third-order valence-corrected chi connectivity index (χ3v) is 5.45. The zero-order valence-electron chi connectivity index (χ0n) is 12.1. The molecule has 2 rings (SSSR count). The molecule has 21 heavy (non-hydrogen) atoms. The van der Waals surface area contributed by atoms with Crippen LogP contribution >= 0.6 is 11.6 Å². The number of rotatable bonds is 8. The number of ether oxygens (including phenoxy) is 1. The Bertz CT molecular complexity index is 603. The Morgan fingerprint density at radius 2 is 2.19 bits per heavy atom. The lowest BCUT2D eigenvalue weighted by Gasteiger charge is -2.15. The fraction of sp³-hybridized carbons (Fsp3) is 0.615. The van der Waals surface area contributed by atoms with Gasteiger partial charge in [0.2, 0.25) is 10.0 Å². The predicted molar refractivity (Wildman–Crippen MR) is 82.1 cm³/mol. The number of aromatic nitrogens is 1. The van der Waals surface area contributed by atoms with Crippen LogP contribution in [-0.2, 0) is 14.8 Å². The number of pyridine rings is 1. The number of anilines is 1. The molecule has 1 aliphatic carbocycles. The first kappa shape index (κ1) is 16.5. The first-order valence-corrected chi connectivity index (χ1v) is 8.60. The van der Waals surface area contributed by atoms with E-state index < -0.39 is 10.0 Å². The van der Waals surface area contributed by atoms with E-state index in [9.17, 15) is 8.42 Å². The number of nitrogens with zero attached hydrogens (tertiary/aromatic N) is 1. The van der Waals surface area contributed by atoms with Crippen LogP contribution in [0.4, 0.5) is 5.82 Å². The van der Waals surface area contributed by atoms with E-state index in [2.05, 4.69) is 15.0 Å². The van der Waals surface area contributed by atoms with Gasteiger partial charge in [0.15, 0.2) is 0 Å². The summed E-state index contributed by atoms with van der Waals surface area (Å²) >= 11 is 5.97. The highest BCUT2D eigenvalue weighted by Gasteiger charge is 2.42. The molecule has 0 bridgehead atoms. The number of hydrogen-bond donors (Lipinski definition) is 2. The van der Waals surface area contributed by atoms with Gasteiger partial charge >= 0.3 is 0 Å². The SMILES string of the molecule is CNc1ncc(S(=O)(=O)NCC2(CCOC)CC2)cc1Cl. The summed E-state index contributed by atoms with van der Waals surface area (Å²) in [5.74, 6) is 0.453. The molecule has 8 heteroatoms. The summed E-state index contributed by atoms with van der Waals surface area (Å²) in [6.07, 6.45) is 4.21. The van der Waals surface area contributed by atoms with E-state index in [1.807, 2.05) is 0 Å². The summed E-state index contributed by atoms with van der Waals surface area (Å²) in [5, 5.41) is 3.07. The predicted octanol–water partition coefficient (Wildman–Crippen LogP) is 1.87. The molecule has 0 spiro atoms. The van der Waals surface area contributed by atoms with Crippen LogP contribution in [0.1, 0.15) is 19.3 Å². The maximum Gasteiger partial charge on any atom is 0.242 e. The Labute approximate surface area is 130 Å². The molecule has 1 heterocycles. The van der Waals surface area contributed by atoms with Gasteiger partial charge in [-0.25, -0.2) is 18.1 Å². The van der Waals surface area contributed by atoms with Gasteiger partial charge < -0.3 is 10.1 Å². The van der Waals surface area contributed by atoms with Crippen molar-refractivity contribution in [2.24, 2.45) is 5.41 Å². The second kappa shape index (κ2) is 6.48. The monoisotopic (exact) mass is 333 g/mol. The molecule has 0 unspecified atom stereocenters. The van der Waals surface area contributed by atoms with Crippen molar-refractivity contribution in [3.05, 3.63) is 17.3 Å². The topological polar surface area (TPSA) is 80.3 Å². The van der Waals surface area contributed by atoms with Crippen molar-refractivity contribution in [2.75, 3.05) is 32.6 Å². The Morgan fingerprint density at radius 1 is 1.48 bits per heavy atom. The molecule has 0 amide bonds. The van der Waals surface area contributed by atoms with E-state index in [-0.39, 0.29) is 15.3 Å². The molecule has 0 radical (unpaired) electrons. The lowest BCUT2D eigenvalue weighted by molar-refractivity contribution is 0.173. The second-order valence-electron chi connectivity index (χ2n) is 5.32. The zero-order chi connectivity index (χ0) is 15.5. The van der Waals surface area contributed by atoms with Crippen LogP contribution < -0.4 is 10.0 Å². The Hall–Kier alpha value is -0.890. The molecule has 118 valence electrons. The van der Waals surface area contributed by atoms with Crippen molar-refractivity contribution >= 4 is 27.4 Å². The van der Waals surface area contributed by atoms with Gasteiger partial charge in [-0.1, -0.05) is 11.6 Å². The zero-order valence-corrected chi connectivity index (χ0v) is 13.7. The molecule has 0 atom stereocenters. The minimum Gasteiger partial charge on any atom is -0.385 e. The molecule has 0 saturated heterocycles. The standard InChI is InChI=1S/C13H20ClN3O3S/c1-15-12-11(14)7-10(8-16-12)21(18,19)17-9-13(3-4-13)5-6-20-2/h7-8,17H,3-6,9H2,1-2H3,(H,15,16).